The Hall–Kier alpha value is -2.91. The molecule has 3 heterocycles. The van der Waals surface area contributed by atoms with Gasteiger partial charge in [0.25, 0.3) is 0 Å². The van der Waals surface area contributed by atoms with Crippen LogP contribution in [0.25, 0.3) is 17.0 Å². The number of benzene rings is 1. The molecule has 0 bridgehead atoms. The van der Waals surface area contributed by atoms with Gasteiger partial charge in [0.1, 0.15) is 17.0 Å². The van der Waals surface area contributed by atoms with E-state index in [4.69, 9.17) is 9.72 Å². The summed E-state index contributed by atoms with van der Waals surface area (Å²) in [7, 11) is 4.88. The van der Waals surface area contributed by atoms with E-state index in [1.165, 1.54) is 10.8 Å². The number of carbonyl (C=O) groups is 1. The van der Waals surface area contributed by atoms with Gasteiger partial charge < -0.3 is 4.74 Å². The quantitative estimate of drug-likeness (QED) is 0.223. The number of hydrogen-bond acceptors (Lipinski definition) is 7. The highest BCUT2D eigenvalue weighted by Crippen LogP contribution is 2.47. The van der Waals surface area contributed by atoms with E-state index in [2.05, 4.69) is 38.6 Å². The topological polar surface area (TPSA) is 84.6 Å². The lowest BCUT2D eigenvalue weighted by Crippen LogP contribution is -2.37. The summed E-state index contributed by atoms with van der Waals surface area (Å²) in [5.74, 6) is 2.50. The van der Waals surface area contributed by atoms with Crippen LogP contribution in [0.2, 0.25) is 0 Å². The SMILES string of the molecule is COc1cc[n+](-c2nc3cc4c(cc3[nH]2)C(C)(C)C(=O)C4(C)C)c(CSSc2ncccn2)c1C. The van der Waals surface area contributed by atoms with E-state index in [-0.39, 0.29) is 5.78 Å². The van der Waals surface area contributed by atoms with Gasteiger partial charge in [0, 0.05) is 34.9 Å². The van der Waals surface area contributed by atoms with E-state index in [9.17, 15) is 4.79 Å². The van der Waals surface area contributed by atoms with E-state index in [0.717, 1.165) is 50.3 Å². The highest BCUT2D eigenvalue weighted by atomic mass is 33.1. The van der Waals surface area contributed by atoms with Crippen molar-refractivity contribution in [2.75, 3.05) is 7.11 Å². The summed E-state index contributed by atoms with van der Waals surface area (Å²) in [4.78, 5) is 30.1. The van der Waals surface area contributed by atoms with Gasteiger partial charge in [0.05, 0.1) is 19.1 Å². The lowest BCUT2D eigenvalue weighted by atomic mass is 9.80. The molecule has 7 nitrogen and oxygen atoms in total. The largest absolute Gasteiger partial charge is 0.496 e. The molecule has 1 aromatic carbocycles. The molecule has 1 aliphatic rings. The third-order valence-electron chi connectivity index (χ3n) is 6.88. The summed E-state index contributed by atoms with van der Waals surface area (Å²) in [5.41, 5.74) is 4.96. The van der Waals surface area contributed by atoms with Crippen molar-refractivity contribution in [1.82, 2.24) is 19.9 Å². The molecule has 35 heavy (non-hydrogen) atoms. The normalized spacial score (nSPS) is 16.0. The van der Waals surface area contributed by atoms with Crippen LogP contribution in [0.1, 0.15) is 50.1 Å². The molecule has 0 saturated heterocycles. The number of pyridine rings is 1. The monoisotopic (exact) mass is 506 g/mol. The van der Waals surface area contributed by atoms with Crippen LogP contribution in [0, 0.1) is 6.92 Å². The van der Waals surface area contributed by atoms with Gasteiger partial charge >= 0.3 is 5.95 Å². The number of fused-ring (bicyclic) bond motifs is 2. The molecule has 0 radical (unpaired) electrons. The van der Waals surface area contributed by atoms with Crippen molar-refractivity contribution >= 4 is 38.4 Å². The lowest BCUT2D eigenvalue weighted by molar-refractivity contribution is -0.610. The van der Waals surface area contributed by atoms with E-state index in [0.29, 0.717) is 5.75 Å². The number of rotatable bonds is 6. The van der Waals surface area contributed by atoms with Gasteiger partial charge in [-0.1, -0.05) is 15.8 Å². The van der Waals surface area contributed by atoms with Crippen molar-refractivity contribution in [3.05, 3.63) is 65.2 Å². The fourth-order valence-corrected chi connectivity index (χ4v) is 6.89. The number of nitrogens with one attached hydrogen (secondary N) is 1. The average molecular weight is 507 g/mol. The summed E-state index contributed by atoms with van der Waals surface area (Å²) >= 11 is 0. The van der Waals surface area contributed by atoms with Crippen LogP contribution in [-0.2, 0) is 21.4 Å². The summed E-state index contributed by atoms with van der Waals surface area (Å²) < 4.78 is 7.67. The van der Waals surface area contributed by atoms with Crippen molar-refractivity contribution in [2.45, 2.75) is 56.4 Å². The van der Waals surface area contributed by atoms with Gasteiger partial charge in [-0.05, 0) is 74.7 Å². The number of imidazole rings is 1. The Morgan fingerprint density at radius 2 is 1.77 bits per heavy atom. The number of aromatic nitrogens is 5. The van der Waals surface area contributed by atoms with Crippen LogP contribution in [0.15, 0.2) is 48.0 Å². The number of H-pyrrole nitrogens is 1. The standard InChI is InChI=1S/C26H28N5O2S2/c1-15-20(14-34-35-24-27-9-7-10-28-24)31(11-8-21(15)33-6)23-29-18-12-16-17(13-19(18)30-23)26(4,5)22(32)25(16,2)3/h7-13H,14H2,1-6H3,(H,29,30)/q+1. The second-order valence-corrected chi connectivity index (χ2v) is 12.0. The van der Waals surface area contributed by atoms with Crippen molar-refractivity contribution in [3.63, 3.8) is 0 Å². The predicted molar refractivity (Wildman–Crippen MR) is 139 cm³/mol. The second kappa shape index (κ2) is 8.64. The average Bonchev–Trinajstić information content (AvgIpc) is 3.31. The first kappa shape index (κ1) is 23.8. The van der Waals surface area contributed by atoms with Gasteiger partial charge in [0.15, 0.2) is 16.5 Å². The van der Waals surface area contributed by atoms with Crippen molar-refractivity contribution in [1.29, 1.82) is 0 Å². The molecule has 1 N–H and O–H groups in total. The maximum absolute atomic E-state index is 13.1. The maximum atomic E-state index is 13.1. The highest BCUT2D eigenvalue weighted by Gasteiger charge is 2.50. The van der Waals surface area contributed by atoms with Gasteiger partial charge in [-0.3, -0.25) is 4.79 Å². The predicted octanol–water partition coefficient (Wildman–Crippen LogP) is 5.03. The molecule has 0 spiro atoms. The lowest BCUT2D eigenvalue weighted by Gasteiger charge is -2.21. The Bertz CT molecular complexity index is 1390. The van der Waals surface area contributed by atoms with Crippen molar-refractivity contribution in [3.8, 4) is 11.7 Å². The van der Waals surface area contributed by atoms with Crippen LogP contribution >= 0.6 is 21.6 Å². The number of methoxy groups -OCH3 is 1. The van der Waals surface area contributed by atoms with Crippen molar-refractivity contribution < 1.29 is 14.1 Å². The van der Waals surface area contributed by atoms with E-state index < -0.39 is 10.8 Å². The molecule has 5 rings (SSSR count). The van der Waals surface area contributed by atoms with Crippen molar-refractivity contribution in [2.24, 2.45) is 0 Å². The van der Waals surface area contributed by atoms with E-state index >= 15 is 0 Å². The summed E-state index contributed by atoms with van der Waals surface area (Å²) in [6, 6.07) is 7.94. The van der Waals surface area contributed by atoms with Gasteiger partial charge in [-0.25, -0.2) is 19.5 Å². The van der Waals surface area contributed by atoms with Crippen LogP contribution in [0.3, 0.4) is 0 Å². The molecule has 180 valence electrons. The molecule has 4 aromatic rings. The molecule has 0 atom stereocenters. The molecule has 9 heteroatoms. The first-order chi connectivity index (χ1) is 16.6. The zero-order valence-electron chi connectivity index (χ0n) is 20.7. The third-order valence-corrected chi connectivity index (χ3v) is 8.90. The van der Waals surface area contributed by atoms with E-state index in [1.807, 2.05) is 46.0 Å². The number of nitrogens with zero attached hydrogens (tertiary/aromatic N) is 4. The molecular formula is C26H28N5O2S2+. The number of aromatic amines is 1. The maximum Gasteiger partial charge on any atom is 0.402 e. The number of ketones is 1. The van der Waals surface area contributed by atoms with Crippen LogP contribution in [0.4, 0.5) is 0 Å². The Kier molecular flexibility index (Phi) is 5.88. The Morgan fingerprint density at radius 1 is 1.09 bits per heavy atom. The summed E-state index contributed by atoms with van der Waals surface area (Å²) in [5, 5.41) is 0.725. The molecule has 0 fully saturated rings. The van der Waals surface area contributed by atoms with Gasteiger partial charge in [0.2, 0.25) is 0 Å². The zero-order chi connectivity index (χ0) is 25.0. The number of Topliss-reactive ketones (excluding diaryl/α,β-unsaturated/α-hetero) is 1. The Morgan fingerprint density at radius 3 is 2.46 bits per heavy atom. The summed E-state index contributed by atoms with van der Waals surface area (Å²) in [6.45, 7) is 10.1. The molecule has 0 unspecified atom stereocenters. The Labute approximate surface area is 212 Å². The number of hydrogen-bond donors (Lipinski definition) is 1. The van der Waals surface area contributed by atoms with Crippen LogP contribution < -0.4 is 9.30 Å². The fraction of sp³-hybridized carbons (Fsp3) is 0.346. The molecule has 0 aliphatic heterocycles. The smallest absolute Gasteiger partial charge is 0.402 e. The third kappa shape index (κ3) is 3.90. The number of carbonyl (C=O) groups excluding carboxylic acids is 1. The molecule has 0 amide bonds. The first-order valence-corrected chi connectivity index (χ1v) is 13.7. The van der Waals surface area contributed by atoms with E-state index in [1.54, 1.807) is 30.3 Å². The fourth-order valence-electron chi connectivity index (χ4n) is 4.96. The summed E-state index contributed by atoms with van der Waals surface area (Å²) in [6.07, 6.45) is 5.47. The van der Waals surface area contributed by atoms with Crippen LogP contribution in [-0.4, -0.2) is 32.8 Å². The first-order valence-electron chi connectivity index (χ1n) is 11.4. The van der Waals surface area contributed by atoms with Gasteiger partial charge in [-0.15, -0.1) is 0 Å². The van der Waals surface area contributed by atoms with Gasteiger partial charge in [-0.2, -0.15) is 0 Å². The highest BCUT2D eigenvalue weighted by molar-refractivity contribution is 8.76. The molecule has 0 saturated carbocycles. The second-order valence-electron chi connectivity index (χ2n) is 9.76. The molecule has 3 aromatic heterocycles. The minimum Gasteiger partial charge on any atom is -0.496 e. The number of ether oxygens (including phenoxy) is 1. The molecule has 1 aliphatic carbocycles. The molecular weight excluding hydrogens is 478 g/mol. The minimum atomic E-state index is -0.533. The minimum absolute atomic E-state index is 0.243. The van der Waals surface area contributed by atoms with Crippen LogP contribution in [0.5, 0.6) is 5.75 Å². The zero-order valence-corrected chi connectivity index (χ0v) is 22.3. The Balaban J connectivity index is 1.55.